The third-order valence-corrected chi connectivity index (χ3v) is 10.6. The molecule has 0 bridgehead atoms. The van der Waals surface area contributed by atoms with Crippen LogP contribution in [0.25, 0.3) is 0 Å². The van der Waals surface area contributed by atoms with E-state index in [2.05, 4.69) is 136 Å². The third-order valence-electron chi connectivity index (χ3n) is 4.90. The summed E-state index contributed by atoms with van der Waals surface area (Å²) < 4.78 is 32.1. The Bertz CT molecular complexity index is 1070. The van der Waals surface area contributed by atoms with Gasteiger partial charge < -0.3 is 35.2 Å². The van der Waals surface area contributed by atoms with E-state index >= 15 is 0 Å². The summed E-state index contributed by atoms with van der Waals surface area (Å²) in [5.74, 6) is -0.761. The van der Waals surface area contributed by atoms with Crippen LogP contribution in [0.2, 0.25) is 0 Å². The van der Waals surface area contributed by atoms with Crippen LogP contribution >= 0.6 is 136 Å². The Kier molecular flexibility index (Phi) is 18.2. The quantitative estimate of drug-likeness (QED) is 0.0859. The van der Waals surface area contributed by atoms with Crippen molar-refractivity contribution in [2.75, 3.05) is 64.3 Å². The standard InChI is InChI=1S/C24H26I6N2O7/c25-13-11-15(27)21(31)19(29)17(13)23(33)38-5-1-3-35-7-9-37-10-8-36-4-2-6-39-24(34)18-14(26)12-16(28)22(32)20(18)30/h11-12H,1-10,31-32H2. The summed E-state index contributed by atoms with van der Waals surface area (Å²) in [4.78, 5) is 24.8. The lowest BCUT2D eigenvalue weighted by Gasteiger charge is -2.12. The average molecular weight is 1220 g/mol. The Morgan fingerprint density at radius 1 is 0.538 bits per heavy atom. The summed E-state index contributed by atoms with van der Waals surface area (Å²) in [6.45, 7) is 3.20. The first-order valence-corrected chi connectivity index (χ1v) is 18.0. The number of hydrogen-bond acceptors (Lipinski definition) is 9. The molecule has 0 unspecified atom stereocenters. The number of anilines is 2. The highest BCUT2D eigenvalue weighted by atomic mass is 127. The maximum Gasteiger partial charge on any atom is 0.340 e. The second-order valence-electron chi connectivity index (χ2n) is 7.70. The molecule has 0 aliphatic carbocycles. The van der Waals surface area contributed by atoms with Gasteiger partial charge in [-0.3, -0.25) is 0 Å². The smallest absolute Gasteiger partial charge is 0.340 e. The lowest BCUT2D eigenvalue weighted by molar-refractivity contribution is 0.00682. The second-order valence-corrected chi connectivity index (χ2v) is 14.5. The van der Waals surface area contributed by atoms with Gasteiger partial charge in [-0.05, 0) is 148 Å². The van der Waals surface area contributed by atoms with E-state index in [9.17, 15) is 9.59 Å². The fraction of sp³-hybridized carbons (Fsp3) is 0.417. The zero-order valence-electron chi connectivity index (χ0n) is 20.5. The second kappa shape index (κ2) is 19.5. The Morgan fingerprint density at radius 2 is 0.872 bits per heavy atom. The van der Waals surface area contributed by atoms with Crippen molar-refractivity contribution in [1.29, 1.82) is 0 Å². The molecule has 0 aromatic heterocycles. The minimum absolute atomic E-state index is 0.262. The van der Waals surface area contributed by atoms with E-state index in [0.717, 1.165) is 14.3 Å². The molecule has 0 aliphatic heterocycles. The molecule has 2 aromatic rings. The van der Waals surface area contributed by atoms with E-state index in [1.54, 1.807) is 0 Å². The minimum Gasteiger partial charge on any atom is -0.462 e. The maximum absolute atomic E-state index is 12.4. The zero-order valence-corrected chi connectivity index (χ0v) is 33.5. The Hall–Kier alpha value is 1.24. The van der Waals surface area contributed by atoms with Gasteiger partial charge in [0.2, 0.25) is 0 Å². The van der Waals surface area contributed by atoms with Crippen LogP contribution in [0.15, 0.2) is 12.1 Å². The monoisotopic (exact) mass is 1220 g/mol. The lowest BCUT2D eigenvalue weighted by Crippen LogP contribution is -2.15. The number of carbonyl (C=O) groups excluding carboxylic acids is 2. The van der Waals surface area contributed by atoms with Crippen LogP contribution in [0.4, 0.5) is 11.4 Å². The molecule has 2 rings (SSSR count). The van der Waals surface area contributed by atoms with Crippen molar-refractivity contribution in [2.24, 2.45) is 0 Å². The first kappa shape index (κ1) is 36.4. The number of ether oxygens (including phenoxy) is 5. The van der Waals surface area contributed by atoms with Gasteiger partial charge in [0, 0.05) is 40.3 Å². The van der Waals surface area contributed by atoms with Gasteiger partial charge in [0.1, 0.15) is 0 Å². The van der Waals surface area contributed by atoms with Gasteiger partial charge in [-0.1, -0.05) is 0 Å². The van der Waals surface area contributed by atoms with Gasteiger partial charge in [0.05, 0.1) is 69.3 Å². The number of halogens is 6. The molecule has 216 valence electrons. The first-order chi connectivity index (χ1) is 18.6. The summed E-state index contributed by atoms with van der Waals surface area (Å²) in [6.07, 6.45) is 1.17. The van der Waals surface area contributed by atoms with Gasteiger partial charge in [-0.25, -0.2) is 9.59 Å². The molecule has 0 aliphatic rings. The molecule has 0 radical (unpaired) electrons. The van der Waals surface area contributed by atoms with Crippen molar-refractivity contribution in [3.8, 4) is 0 Å². The number of benzene rings is 2. The van der Waals surface area contributed by atoms with E-state index in [4.69, 9.17) is 35.2 Å². The van der Waals surface area contributed by atoms with Crippen LogP contribution in [-0.4, -0.2) is 64.8 Å². The first-order valence-electron chi connectivity index (χ1n) is 11.5. The summed E-state index contributed by atoms with van der Waals surface area (Å²) >= 11 is 12.7. The molecule has 2 aromatic carbocycles. The van der Waals surface area contributed by atoms with Crippen LogP contribution in [0.5, 0.6) is 0 Å². The molecule has 9 nitrogen and oxygen atoms in total. The SMILES string of the molecule is Nc1c(I)cc(I)c(C(=O)OCCCOCCOCCOCCCOC(=O)c2c(I)cc(I)c(N)c2I)c1I. The molecule has 0 saturated heterocycles. The number of hydrogen-bond donors (Lipinski definition) is 2. The highest BCUT2D eigenvalue weighted by Crippen LogP contribution is 2.31. The van der Waals surface area contributed by atoms with Crippen molar-refractivity contribution in [2.45, 2.75) is 12.8 Å². The van der Waals surface area contributed by atoms with Crippen molar-refractivity contribution >= 4 is 159 Å². The number of nitrogens with two attached hydrogens (primary N) is 2. The molecular weight excluding hydrogens is 1190 g/mol. The van der Waals surface area contributed by atoms with Crippen LogP contribution in [0.1, 0.15) is 33.6 Å². The van der Waals surface area contributed by atoms with Crippen LogP contribution in [-0.2, 0) is 23.7 Å². The highest BCUT2D eigenvalue weighted by molar-refractivity contribution is 14.1. The number of carbonyl (C=O) groups is 2. The molecule has 0 heterocycles. The Morgan fingerprint density at radius 3 is 1.23 bits per heavy atom. The minimum atomic E-state index is -0.380. The molecule has 39 heavy (non-hydrogen) atoms. The number of nitrogen functional groups attached to an aromatic ring is 2. The van der Waals surface area contributed by atoms with Crippen molar-refractivity contribution < 1.29 is 33.3 Å². The number of rotatable bonds is 16. The van der Waals surface area contributed by atoms with Gasteiger partial charge in [-0.15, -0.1) is 0 Å². The molecule has 0 saturated carbocycles. The van der Waals surface area contributed by atoms with Gasteiger partial charge in [0.15, 0.2) is 0 Å². The van der Waals surface area contributed by atoms with Gasteiger partial charge >= 0.3 is 11.9 Å². The zero-order chi connectivity index (χ0) is 28.9. The van der Waals surface area contributed by atoms with Crippen molar-refractivity contribution in [1.82, 2.24) is 0 Å². The summed E-state index contributed by atoms with van der Waals surface area (Å²) in [6, 6.07) is 3.73. The van der Waals surface area contributed by atoms with Crippen LogP contribution in [0, 0.1) is 21.4 Å². The summed E-state index contributed by atoms with van der Waals surface area (Å²) in [7, 11) is 0. The predicted octanol–water partition coefficient (Wildman–Crippen LogP) is 6.32. The number of esters is 2. The fourth-order valence-corrected chi connectivity index (χ4v) is 10.5. The summed E-state index contributed by atoms with van der Waals surface area (Å²) in [5.41, 5.74) is 14.2. The maximum atomic E-state index is 12.4. The lowest BCUT2D eigenvalue weighted by atomic mass is 10.2. The normalized spacial score (nSPS) is 11.0. The largest absolute Gasteiger partial charge is 0.462 e. The van der Waals surface area contributed by atoms with E-state index < -0.39 is 0 Å². The van der Waals surface area contributed by atoms with Crippen molar-refractivity contribution in [3.63, 3.8) is 0 Å². The topological polar surface area (TPSA) is 132 Å². The predicted molar refractivity (Wildman–Crippen MR) is 200 cm³/mol. The molecule has 0 atom stereocenters. The van der Waals surface area contributed by atoms with E-state index in [0.29, 0.717) is 82.1 Å². The van der Waals surface area contributed by atoms with Gasteiger partial charge in [-0.2, -0.15) is 0 Å². The van der Waals surface area contributed by atoms with E-state index in [1.165, 1.54) is 0 Å². The molecule has 0 amide bonds. The molecule has 0 fully saturated rings. The van der Waals surface area contributed by atoms with Crippen LogP contribution in [0.3, 0.4) is 0 Å². The highest BCUT2D eigenvalue weighted by Gasteiger charge is 2.20. The average Bonchev–Trinajstić information content (AvgIpc) is 2.88. The molecular formula is C24H26I6N2O7. The van der Waals surface area contributed by atoms with Crippen LogP contribution < -0.4 is 11.5 Å². The van der Waals surface area contributed by atoms with Crippen molar-refractivity contribution in [3.05, 3.63) is 44.7 Å². The van der Waals surface area contributed by atoms with E-state index in [1.807, 2.05) is 12.1 Å². The van der Waals surface area contributed by atoms with E-state index in [-0.39, 0.29) is 25.2 Å². The molecule has 0 spiro atoms. The Balaban J connectivity index is 1.45. The Labute approximate surface area is 309 Å². The molecule has 4 N–H and O–H groups in total. The fourth-order valence-electron chi connectivity index (χ4n) is 2.92. The summed E-state index contributed by atoms with van der Waals surface area (Å²) in [5, 5.41) is 0. The molecule has 15 heteroatoms. The third kappa shape index (κ3) is 12.0. The van der Waals surface area contributed by atoms with Gasteiger partial charge in [0.25, 0.3) is 0 Å².